The van der Waals surface area contributed by atoms with Crippen LogP contribution >= 0.6 is 11.6 Å². The number of nitrogens with one attached hydrogen (secondary N) is 5. The molecule has 1 fully saturated rings. The molecule has 6 amide bonds. The van der Waals surface area contributed by atoms with Crippen molar-refractivity contribution in [1.29, 1.82) is 0 Å². The molecule has 0 saturated carbocycles. The smallest absolute Gasteiger partial charge is 0.264 e. The highest BCUT2D eigenvalue weighted by Gasteiger charge is 2.45. The van der Waals surface area contributed by atoms with Crippen molar-refractivity contribution in [3.05, 3.63) is 94.1 Å². The average Bonchev–Trinajstić information content (AvgIpc) is 3.54. The predicted octanol–water partition coefficient (Wildman–Crippen LogP) is 3.91. The van der Waals surface area contributed by atoms with Gasteiger partial charge in [-0.15, -0.1) is 0 Å². The van der Waals surface area contributed by atoms with Gasteiger partial charge < -0.3 is 45.1 Å². The van der Waals surface area contributed by atoms with Crippen LogP contribution in [0.4, 0.5) is 28.8 Å². The van der Waals surface area contributed by atoms with Gasteiger partial charge in [0.2, 0.25) is 23.7 Å². The zero-order chi connectivity index (χ0) is 45.2. The molecule has 0 radical (unpaired) electrons. The zero-order valence-corrected chi connectivity index (χ0v) is 36.0. The van der Waals surface area contributed by atoms with Gasteiger partial charge >= 0.3 is 0 Å². The lowest BCUT2D eigenvalue weighted by Gasteiger charge is -2.36. The molecule has 19 nitrogen and oxygen atoms in total. The first-order valence-corrected chi connectivity index (χ1v) is 21.2. The number of fused-ring (bicyclic) bond motifs is 2. The Balaban J connectivity index is 0.784. The minimum atomic E-state index is -1.04. The first-order chi connectivity index (χ1) is 31.1. The van der Waals surface area contributed by atoms with Crippen LogP contribution in [0.25, 0.3) is 0 Å². The molecule has 4 aromatic rings. The van der Waals surface area contributed by atoms with E-state index in [-0.39, 0.29) is 54.9 Å². The highest BCUT2D eigenvalue weighted by Crippen LogP contribution is 2.35. The number of piperidine rings is 1. The number of rotatable bonds is 21. The van der Waals surface area contributed by atoms with E-state index >= 15 is 0 Å². The fraction of sp³-hybridized carbons (Fsp3) is 0.364. The van der Waals surface area contributed by atoms with Gasteiger partial charge in [-0.1, -0.05) is 36.7 Å². The molecule has 3 aromatic carbocycles. The molecule has 2 atom stereocenters. The molecule has 336 valence electrons. The lowest BCUT2D eigenvalue weighted by atomic mass is 10.0. The minimum Gasteiger partial charge on any atom is -0.495 e. The van der Waals surface area contributed by atoms with Crippen molar-refractivity contribution in [2.75, 3.05) is 80.7 Å². The van der Waals surface area contributed by atoms with E-state index in [1.165, 1.54) is 13.2 Å². The maximum absolute atomic E-state index is 13.2. The molecule has 1 saturated heterocycles. The Kier molecular flexibility index (Phi) is 15.0. The zero-order valence-electron chi connectivity index (χ0n) is 35.2. The quantitative estimate of drug-likeness (QED) is 0.0590. The van der Waals surface area contributed by atoms with E-state index in [0.29, 0.717) is 91.8 Å². The Labute approximate surface area is 373 Å². The number of aromatic nitrogens is 2. The van der Waals surface area contributed by atoms with Crippen LogP contribution in [0.5, 0.6) is 5.75 Å². The summed E-state index contributed by atoms with van der Waals surface area (Å²) in [6, 6.07) is 15.8. The van der Waals surface area contributed by atoms with Crippen LogP contribution in [0.3, 0.4) is 0 Å². The Morgan fingerprint density at radius 1 is 0.859 bits per heavy atom. The molecule has 64 heavy (non-hydrogen) atoms. The molecule has 4 heterocycles. The summed E-state index contributed by atoms with van der Waals surface area (Å²) in [6.45, 7) is 4.81. The van der Waals surface area contributed by atoms with Crippen molar-refractivity contribution in [3.63, 3.8) is 0 Å². The average molecular weight is 898 g/mol. The van der Waals surface area contributed by atoms with Gasteiger partial charge in [-0.2, -0.15) is 4.98 Å². The number of benzene rings is 3. The Morgan fingerprint density at radius 3 is 2.31 bits per heavy atom. The molecule has 0 bridgehead atoms. The van der Waals surface area contributed by atoms with Crippen LogP contribution in [0.1, 0.15) is 62.8 Å². The summed E-state index contributed by atoms with van der Waals surface area (Å²) in [6.07, 6.45) is 2.25. The molecule has 0 spiro atoms. The number of hydrogen-bond donors (Lipinski definition) is 5. The lowest BCUT2D eigenvalue weighted by Crippen LogP contribution is -2.54. The third-order valence-corrected chi connectivity index (χ3v) is 10.9. The van der Waals surface area contributed by atoms with E-state index in [2.05, 4.69) is 31.6 Å². The largest absolute Gasteiger partial charge is 0.495 e. The van der Waals surface area contributed by atoms with Gasteiger partial charge in [0.05, 0.1) is 69.8 Å². The maximum atomic E-state index is 13.2. The summed E-state index contributed by atoms with van der Waals surface area (Å²) in [7, 11) is 1.50. The first-order valence-electron chi connectivity index (χ1n) is 20.8. The second-order valence-electron chi connectivity index (χ2n) is 14.8. The minimum absolute atomic E-state index is 0.0468. The molecule has 2 unspecified atom stereocenters. The Hall–Kier alpha value is -6.67. The SMILES string of the molecule is CCC1C(=O)Nc2cnc(Nc3ccc(C(=O)NCCOCCOCCOCCNc4cccc5c4C(=O)N(C4CCC(=O)NC4=O)C5=O)cc3OC)nc2N1Cc1ccc(Cl)cc1. The van der Waals surface area contributed by atoms with Gasteiger partial charge in [0.25, 0.3) is 17.7 Å². The molecular formula is C44H48ClN9O10. The third kappa shape index (κ3) is 10.6. The summed E-state index contributed by atoms with van der Waals surface area (Å²) in [5.41, 5.74) is 3.21. The number of ether oxygens (including phenoxy) is 4. The second-order valence-corrected chi connectivity index (χ2v) is 15.3. The molecule has 1 aromatic heterocycles. The molecule has 3 aliphatic heterocycles. The van der Waals surface area contributed by atoms with Crippen LogP contribution in [-0.4, -0.2) is 122 Å². The number of halogens is 1. The summed E-state index contributed by atoms with van der Waals surface area (Å²) in [4.78, 5) is 88.1. The van der Waals surface area contributed by atoms with Gasteiger partial charge in [-0.3, -0.25) is 39.0 Å². The van der Waals surface area contributed by atoms with Crippen molar-refractivity contribution in [2.45, 2.75) is 44.8 Å². The fourth-order valence-electron chi connectivity index (χ4n) is 7.48. The number of hydrogen-bond acceptors (Lipinski definition) is 15. The maximum Gasteiger partial charge on any atom is 0.264 e. The third-order valence-electron chi connectivity index (χ3n) is 10.6. The fourth-order valence-corrected chi connectivity index (χ4v) is 7.61. The van der Waals surface area contributed by atoms with E-state index in [0.717, 1.165) is 10.5 Å². The molecule has 0 aliphatic carbocycles. The first kappa shape index (κ1) is 45.4. The molecule has 20 heteroatoms. The topological polar surface area (TPSA) is 232 Å². The number of methoxy groups -OCH3 is 1. The standard InChI is InChI=1S/C44H48ClN9O10/c1-3-33-40(57)49-32-24-48-44(52-38(32)53(33)25-26-7-10-28(45)11-8-26)50-30-12-9-27(23-35(30)61-2)39(56)47-16-18-63-20-22-64-21-19-62-17-15-46-31-6-4-5-29-37(31)43(60)54(42(29)59)34-13-14-36(55)51-41(34)58/h4-12,23-24,33-34,46H,3,13-22,25H2,1-2H3,(H,47,56)(H,49,57)(H,48,50,52)(H,51,55,58). The van der Waals surface area contributed by atoms with Gasteiger partial charge in [-0.05, 0) is 60.9 Å². The van der Waals surface area contributed by atoms with Crippen molar-refractivity contribution >= 4 is 75.9 Å². The van der Waals surface area contributed by atoms with E-state index < -0.39 is 35.7 Å². The lowest BCUT2D eigenvalue weighted by molar-refractivity contribution is -0.136. The van der Waals surface area contributed by atoms with Crippen LogP contribution in [0.2, 0.25) is 5.02 Å². The second kappa shape index (κ2) is 21.1. The molecule has 7 rings (SSSR count). The van der Waals surface area contributed by atoms with Crippen LogP contribution in [0, 0.1) is 0 Å². The normalized spacial score (nSPS) is 16.8. The Bertz CT molecular complexity index is 2400. The number of nitrogens with zero attached hydrogens (tertiary/aromatic N) is 4. The molecule has 3 aliphatic rings. The summed E-state index contributed by atoms with van der Waals surface area (Å²) in [5, 5.41) is 14.9. The van der Waals surface area contributed by atoms with Gasteiger partial charge in [0.1, 0.15) is 23.5 Å². The van der Waals surface area contributed by atoms with Gasteiger partial charge in [-0.25, -0.2) is 4.98 Å². The van der Waals surface area contributed by atoms with Gasteiger partial charge in [0, 0.05) is 42.3 Å². The van der Waals surface area contributed by atoms with E-state index in [9.17, 15) is 28.8 Å². The van der Waals surface area contributed by atoms with Gasteiger partial charge in [0.15, 0.2) is 5.82 Å². The van der Waals surface area contributed by atoms with Crippen LogP contribution in [-0.2, 0) is 35.1 Å². The highest BCUT2D eigenvalue weighted by molar-refractivity contribution is 6.30. The summed E-state index contributed by atoms with van der Waals surface area (Å²) < 4.78 is 22.4. The highest BCUT2D eigenvalue weighted by atomic mass is 35.5. The van der Waals surface area contributed by atoms with Crippen molar-refractivity contribution in [1.82, 2.24) is 25.5 Å². The monoisotopic (exact) mass is 897 g/mol. The number of anilines is 5. The number of imide groups is 2. The summed E-state index contributed by atoms with van der Waals surface area (Å²) >= 11 is 6.10. The number of amides is 6. The van der Waals surface area contributed by atoms with Crippen molar-refractivity contribution in [2.24, 2.45) is 0 Å². The van der Waals surface area contributed by atoms with Crippen LogP contribution in [0.15, 0.2) is 66.9 Å². The van der Waals surface area contributed by atoms with Crippen molar-refractivity contribution < 1.29 is 47.7 Å². The predicted molar refractivity (Wildman–Crippen MR) is 235 cm³/mol. The van der Waals surface area contributed by atoms with E-state index in [4.69, 9.17) is 35.5 Å². The van der Waals surface area contributed by atoms with Crippen LogP contribution < -0.4 is 36.2 Å². The number of carbonyl (C=O) groups is 6. The van der Waals surface area contributed by atoms with E-state index in [1.54, 1.807) is 36.5 Å². The van der Waals surface area contributed by atoms with Crippen molar-refractivity contribution in [3.8, 4) is 5.75 Å². The molecular weight excluding hydrogens is 850 g/mol. The van der Waals surface area contributed by atoms with E-state index in [1.807, 2.05) is 36.1 Å². The molecule has 5 N–H and O–H groups in total. The Morgan fingerprint density at radius 2 is 1.59 bits per heavy atom. The summed E-state index contributed by atoms with van der Waals surface area (Å²) in [5.74, 6) is -1.45. The number of carbonyl (C=O) groups excluding carboxylic acids is 6.